The molecule has 2 aliphatic heterocycles. The van der Waals surface area contributed by atoms with Crippen molar-refractivity contribution >= 4 is 28.8 Å². The summed E-state index contributed by atoms with van der Waals surface area (Å²) >= 11 is 1.67. The van der Waals surface area contributed by atoms with E-state index in [1.54, 1.807) is 11.3 Å². The molecule has 2 aromatic carbocycles. The average Bonchev–Trinajstić information content (AvgIpc) is 3.60. The van der Waals surface area contributed by atoms with Gasteiger partial charge in [0.25, 0.3) is 5.91 Å². The fourth-order valence-electron chi connectivity index (χ4n) is 6.26. The number of likely N-dealkylation sites (tertiary alicyclic amines) is 1. The SMILES string of the molecule is O=C(N[C@@H]1CCCC[C@@H]1C(=O)N1CCC2C(c3nccs3)Nc3ccccc3C21)c1ccccc1. The molecule has 3 unspecified atom stereocenters. The van der Waals surface area contributed by atoms with Crippen LogP contribution in [0.1, 0.15) is 65.1 Å². The van der Waals surface area contributed by atoms with E-state index in [-0.39, 0.29) is 41.8 Å². The molecule has 7 heteroatoms. The monoisotopic (exact) mass is 486 g/mol. The van der Waals surface area contributed by atoms with Crippen LogP contribution in [0, 0.1) is 11.8 Å². The van der Waals surface area contributed by atoms with Crippen molar-refractivity contribution in [1.82, 2.24) is 15.2 Å². The number of hydrogen-bond acceptors (Lipinski definition) is 5. The molecule has 1 aromatic heterocycles. The van der Waals surface area contributed by atoms with Crippen LogP contribution in [0.2, 0.25) is 0 Å². The first-order valence-corrected chi connectivity index (χ1v) is 13.5. The number of benzene rings is 2. The van der Waals surface area contributed by atoms with Gasteiger partial charge in [0.2, 0.25) is 5.91 Å². The molecule has 6 rings (SSSR count). The number of carbonyl (C=O) groups is 2. The summed E-state index contributed by atoms with van der Waals surface area (Å²) in [5, 5.41) is 10.0. The van der Waals surface area contributed by atoms with Crippen molar-refractivity contribution in [3.63, 3.8) is 0 Å². The van der Waals surface area contributed by atoms with Crippen molar-refractivity contribution in [3.05, 3.63) is 82.3 Å². The molecule has 6 nitrogen and oxygen atoms in total. The van der Waals surface area contributed by atoms with Gasteiger partial charge in [-0.25, -0.2) is 4.98 Å². The molecule has 1 aliphatic carbocycles. The quantitative estimate of drug-likeness (QED) is 0.532. The minimum absolute atomic E-state index is 0.0289. The van der Waals surface area contributed by atoms with Gasteiger partial charge >= 0.3 is 0 Å². The summed E-state index contributed by atoms with van der Waals surface area (Å²) in [6.07, 6.45) is 6.52. The maximum absolute atomic E-state index is 14.1. The minimum atomic E-state index is -0.185. The van der Waals surface area contributed by atoms with Crippen LogP contribution in [0.15, 0.2) is 66.2 Å². The average molecular weight is 487 g/mol. The van der Waals surface area contributed by atoms with Crippen LogP contribution in [0.25, 0.3) is 0 Å². The molecular weight excluding hydrogens is 456 g/mol. The van der Waals surface area contributed by atoms with E-state index in [1.807, 2.05) is 48.0 Å². The summed E-state index contributed by atoms with van der Waals surface area (Å²) in [4.78, 5) is 33.8. The van der Waals surface area contributed by atoms with Crippen molar-refractivity contribution in [1.29, 1.82) is 0 Å². The highest BCUT2D eigenvalue weighted by atomic mass is 32.1. The zero-order valence-corrected chi connectivity index (χ0v) is 20.4. The molecule has 3 aliphatic rings. The van der Waals surface area contributed by atoms with Gasteiger partial charge in [0.05, 0.1) is 18.0 Å². The molecule has 180 valence electrons. The van der Waals surface area contributed by atoms with Crippen LogP contribution < -0.4 is 10.6 Å². The lowest BCUT2D eigenvalue weighted by atomic mass is 9.81. The number of aromatic nitrogens is 1. The number of amides is 2. The van der Waals surface area contributed by atoms with Gasteiger partial charge in [0.1, 0.15) is 5.01 Å². The molecule has 3 aromatic rings. The molecule has 5 atom stereocenters. The first kappa shape index (κ1) is 22.3. The highest BCUT2D eigenvalue weighted by molar-refractivity contribution is 7.09. The van der Waals surface area contributed by atoms with Crippen LogP contribution in [-0.2, 0) is 4.79 Å². The van der Waals surface area contributed by atoms with Gasteiger partial charge in [-0.05, 0) is 43.0 Å². The Morgan fingerprint density at radius 1 is 1.00 bits per heavy atom. The number of rotatable bonds is 4. The number of para-hydroxylation sites is 1. The Morgan fingerprint density at radius 3 is 2.63 bits per heavy atom. The molecule has 1 saturated carbocycles. The van der Waals surface area contributed by atoms with Crippen molar-refractivity contribution < 1.29 is 9.59 Å². The maximum atomic E-state index is 14.1. The number of fused-ring (bicyclic) bond motifs is 3. The molecule has 3 heterocycles. The van der Waals surface area contributed by atoms with Gasteiger partial charge in [-0.3, -0.25) is 9.59 Å². The summed E-state index contributed by atoms with van der Waals surface area (Å²) in [6, 6.07) is 17.7. The predicted octanol–water partition coefficient (Wildman–Crippen LogP) is 5.19. The smallest absolute Gasteiger partial charge is 0.251 e. The highest BCUT2D eigenvalue weighted by Gasteiger charge is 2.49. The number of hydrogen-bond donors (Lipinski definition) is 2. The van der Waals surface area contributed by atoms with Crippen LogP contribution in [0.4, 0.5) is 5.69 Å². The molecule has 0 radical (unpaired) electrons. The summed E-state index contributed by atoms with van der Waals surface area (Å²) in [5.74, 6) is 0.187. The van der Waals surface area contributed by atoms with Crippen molar-refractivity contribution in [2.45, 2.75) is 50.2 Å². The zero-order chi connectivity index (χ0) is 23.8. The van der Waals surface area contributed by atoms with E-state index >= 15 is 0 Å². The number of anilines is 1. The number of nitrogens with zero attached hydrogens (tertiary/aromatic N) is 2. The van der Waals surface area contributed by atoms with Gasteiger partial charge in [-0.1, -0.05) is 49.2 Å². The second-order valence-corrected chi connectivity index (χ2v) is 10.8. The largest absolute Gasteiger partial charge is 0.375 e. The first-order chi connectivity index (χ1) is 17.2. The summed E-state index contributed by atoms with van der Waals surface area (Å²) < 4.78 is 0. The van der Waals surface area contributed by atoms with Crippen LogP contribution in [0.3, 0.4) is 0 Å². The second kappa shape index (κ2) is 9.46. The van der Waals surface area contributed by atoms with E-state index in [9.17, 15) is 9.59 Å². The van der Waals surface area contributed by atoms with E-state index in [1.165, 1.54) is 5.56 Å². The third-order valence-electron chi connectivity index (χ3n) is 7.90. The Morgan fingerprint density at radius 2 is 1.80 bits per heavy atom. The van der Waals surface area contributed by atoms with Crippen LogP contribution >= 0.6 is 11.3 Å². The Hall–Kier alpha value is -3.19. The van der Waals surface area contributed by atoms with Crippen molar-refractivity contribution in [2.75, 3.05) is 11.9 Å². The van der Waals surface area contributed by atoms with Crippen LogP contribution in [-0.4, -0.2) is 34.3 Å². The van der Waals surface area contributed by atoms with Gasteiger partial charge < -0.3 is 15.5 Å². The molecule has 0 bridgehead atoms. The Bertz CT molecular complexity index is 1200. The van der Waals surface area contributed by atoms with E-state index in [0.29, 0.717) is 5.56 Å². The number of nitrogens with one attached hydrogen (secondary N) is 2. The van der Waals surface area contributed by atoms with E-state index < -0.39 is 0 Å². The Balaban J connectivity index is 1.27. The van der Waals surface area contributed by atoms with Gasteiger partial charge in [-0.2, -0.15) is 0 Å². The topological polar surface area (TPSA) is 74.3 Å². The molecule has 35 heavy (non-hydrogen) atoms. The van der Waals surface area contributed by atoms with Crippen molar-refractivity contribution in [3.8, 4) is 0 Å². The van der Waals surface area contributed by atoms with Gasteiger partial charge in [0.15, 0.2) is 0 Å². The Kier molecular flexibility index (Phi) is 6.02. The Labute approximate surface area is 209 Å². The van der Waals surface area contributed by atoms with Gasteiger partial charge in [0, 0.05) is 41.3 Å². The van der Waals surface area contributed by atoms with E-state index in [2.05, 4.69) is 38.7 Å². The molecule has 2 fully saturated rings. The third kappa shape index (κ3) is 4.12. The lowest BCUT2D eigenvalue weighted by Gasteiger charge is -2.41. The third-order valence-corrected chi connectivity index (χ3v) is 8.76. The second-order valence-electron chi connectivity index (χ2n) is 9.85. The lowest BCUT2D eigenvalue weighted by Crippen LogP contribution is -2.50. The van der Waals surface area contributed by atoms with Crippen molar-refractivity contribution in [2.24, 2.45) is 11.8 Å². The molecule has 1 saturated heterocycles. The van der Waals surface area contributed by atoms with E-state index in [4.69, 9.17) is 0 Å². The number of thiazole rings is 1. The normalized spacial score (nSPS) is 27.4. The first-order valence-electron chi connectivity index (χ1n) is 12.6. The fourth-order valence-corrected chi connectivity index (χ4v) is 7.02. The minimum Gasteiger partial charge on any atom is -0.375 e. The standard InChI is InChI=1S/C28H30N4O2S/c33-26(18-8-2-1-3-9-18)31-23-13-7-5-11-20(23)28(34)32-16-14-21-24(27-29-15-17-35-27)30-22-12-6-4-10-19(22)25(21)32/h1-4,6,8-10,12,15,17,20-21,23-25,30H,5,7,11,13-14,16H2,(H,31,33)/t20-,21?,23+,24?,25?/m0/s1. The zero-order valence-electron chi connectivity index (χ0n) is 19.6. The highest BCUT2D eigenvalue weighted by Crippen LogP contribution is 2.52. The van der Waals surface area contributed by atoms with Gasteiger partial charge in [-0.15, -0.1) is 11.3 Å². The number of carbonyl (C=O) groups excluding carboxylic acids is 2. The summed E-state index contributed by atoms with van der Waals surface area (Å²) in [6.45, 7) is 0.738. The lowest BCUT2D eigenvalue weighted by molar-refractivity contribution is -0.138. The molecular formula is C28H30N4O2S. The maximum Gasteiger partial charge on any atom is 0.251 e. The summed E-state index contributed by atoms with van der Waals surface area (Å²) in [7, 11) is 0. The molecule has 2 N–H and O–H groups in total. The molecule has 0 spiro atoms. The molecule has 2 amide bonds. The fraction of sp³-hybridized carbons (Fsp3) is 0.393. The summed E-state index contributed by atoms with van der Waals surface area (Å²) in [5.41, 5.74) is 2.92. The van der Waals surface area contributed by atoms with Crippen LogP contribution in [0.5, 0.6) is 0 Å². The van der Waals surface area contributed by atoms with E-state index in [0.717, 1.165) is 49.3 Å². The predicted molar refractivity (Wildman–Crippen MR) is 137 cm³/mol.